The van der Waals surface area contributed by atoms with Crippen molar-refractivity contribution in [2.45, 2.75) is 20.4 Å². The van der Waals surface area contributed by atoms with Gasteiger partial charge in [-0.1, -0.05) is 25.2 Å². The van der Waals surface area contributed by atoms with E-state index in [4.69, 9.17) is 0 Å². The molecule has 0 aliphatic carbocycles. The van der Waals surface area contributed by atoms with Crippen molar-refractivity contribution < 1.29 is 4.39 Å². The standard InChI is InChI=1S/C12H15FN4S/c1-8(2)5-15-7-11-16-17-12(18-11)9-3-4-14-6-10(9)13/h3-4,6,8,15H,5,7H2,1-2H3. The molecule has 6 heteroatoms. The highest BCUT2D eigenvalue weighted by Gasteiger charge is 2.10. The highest BCUT2D eigenvalue weighted by Crippen LogP contribution is 2.25. The molecule has 0 aromatic carbocycles. The first kappa shape index (κ1) is 13.0. The molecule has 0 spiro atoms. The maximum absolute atomic E-state index is 13.5. The van der Waals surface area contributed by atoms with Crippen molar-refractivity contribution in [3.63, 3.8) is 0 Å². The lowest BCUT2D eigenvalue weighted by Crippen LogP contribution is -2.18. The minimum atomic E-state index is -0.365. The smallest absolute Gasteiger partial charge is 0.151 e. The molecule has 4 nitrogen and oxygen atoms in total. The van der Waals surface area contributed by atoms with E-state index in [1.807, 2.05) is 0 Å². The van der Waals surface area contributed by atoms with Crippen LogP contribution in [0.2, 0.25) is 0 Å². The zero-order valence-electron chi connectivity index (χ0n) is 10.4. The van der Waals surface area contributed by atoms with E-state index in [0.717, 1.165) is 11.6 Å². The molecule has 0 radical (unpaired) electrons. The largest absolute Gasteiger partial charge is 0.310 e. The fourth-order valence-corrected chi connectivity index (χ4v) is 2.29. The Kier molecular flexibility index (Phi) is 4.33. The number of pyridine rings is 1. The van der Waals surface area contributed by atoms with E-state index in [9.17, 15) is 4.39 Å². The average Bonchev–Trinajstić information content (AvgIpc) is 2.78. The lowest BCUT2D eigenvalue weighted by atomic mass is 10.2. The number of nitrogens with zero attached hydrogens (tertiary/aromatic N) is 3. The van der Waals surface area contributed by atoms with Crippen LogP contribution in [0, 0.1) is 11.7 Å². The van der Waals surface area contributed by atoms with E-state index in [1.54, 1.807) is 12.3 Å². The van der Waals surface area contributed by atoms with Gasteiger partial charge < -0.3 is 5.32 Å². The molecule has 18 heavy (non-hydrogen) atoms. The second-order valence-electron chi connectivity index (χ2n) is 4.38. The fourth-order valence-electron chi connectivity index (χ4n) is 1.45. The quantitative estimate of drug-likeness (QED) is 0.903. The molecular formula is C12H15FN4S. The summed E-state index contributed by atoms with van der Waals surface area (Å²) in [7, 11) is 0. The fraction of sp³-hybridized carbons (Fsp3) is 0.417. The van der Waals surface area contributed by atoms with Crippen molar-refractivity contribution in [3.8, 4) is 10.6 Å². The molecule has 0 atom stereocenters. The summed E-state index contributed by atoms with van der Waals surface area (Å²) >= 11 is 1.40. The molecule has 0 saturated heterocycles. The Hall–Kier alpha value is -1.40. The van der Waals surface area contributed by atoms with Gasteiger partial charge in [0.25, 0.3) is 0 Å². The first-order valence-electron chi connectivity index (χ1n) is 5.80. The summed E-state index contributed by atoms with van der Waals surface area (Å²) in [5.41, 5.74) is 0.456. The molecule has 1 N–H and O–H groups in total. The van der Waals surface area contributed by atoms with Crippen LogP contribution in [-0.4, -0.2) is 21.7 Å². The van der Waals surface area contributed by atoms with E-state index in [-0.39, 0.29) is 5.82 Å². The van der Waals surface area contributed by atoms with Gasteiger partial charge in [-0.3, -0.25) is 4.98 Å². The van der Waals surface area contributed by atoms with Gasteiger partial charge in [0.15, 0.2) is 10.8 Å². The number of rotatable bonds is 5. The highest BCUT2D eigenvalue weighted by molar-refractivity contribution is 7.14. The molecule has 0 unspecified atom stereocenters. The van der Waals surface area contributed by atoms with Crippen LogP contribution in [-0.2, 0) is 6.54 Å². The summed E-state index contributed by atoms with van der Waals surface area (Å²) in [6.07, 6.45) is 2.74. The van der Waals surface area contributed by atoms with Gasteiger partial charge in [-0.25, -0.2) is 4.39 Å². The Labute approximate surface area is 109 Å². The molecular weight excluding hydrogens is 251 g/mol. The Morgan fingerprint density at radius 3 is 2.94 bits per heavy atom. The molecule has 0 bridgehead atoms. The van der Waals surface area contributed by atoms with E-state index in [0.29, 0.717) is 23.0 Å². The number of hydrogen-bond donors (Lipinski definition) is 1. The summed E-state index contributed by atoms with van der Waals surface area (Å²) in [6, 6.07) is 1.61. The summed E-state index contributed by atoms with van der Waals surface area (Å²) in [4.78, 5) is 3.72. The number of aromatic nitrogens is 3. The number of nitrogens with one attached hydrogen (secondary N) is 1. The predicted octanol–water partition coefficient (Wildman–Crippen LogP) is 2.48. The minimum Gasteiger partial charge on any atom is -0.310 e. The van der Waals surface area contributed by atoms with Crippen molar-refractivity contribution in [1.82, 2.24) is 20.5 Å². The van der Waals surface area contributed by atoms with E-state index >= 15 is 0 Å². The highest BCUT2D eigenvalue weighted by atomic mass is 32.1. The van der Waals surface area contributed by atoms with Crippen molar-refractivity contribution in [3.05, 3.63) is 29.3 Å². The van der Waals surface area contributed by atoms with Gasteiger partial charge in [-0.2, -0.15) is 0 Å². The molecule has 2 rings (SSSR count). The van der Waals surface area contributed by atoms with E-state index < -0.39 is 0 Å². The Morgan fingerprint density at radius 1 is 1.39 bits per heavy atom. The maximum atomic E-state index is 13.5. The van der Waals surface area contributed by atoms with Crippen LogP contribution in [0.25, 0.3) is 10.6 Å². The van der Waals surface area contributed by atoms with Crippen molar-refractivity contribution in [2.24, 2.45) is 5.92 Å². The third-order valence-electron chi connectivity index (χ3n) is 2.30. The molecule has 2 aromatic heterocycles. The number of halogens is 1. The van der Waals surface area contributed by atoms with Crippen molar-refractivity contribution in [2.75, 3.05) is 6.54 Å². The van der Waals surface area contributed by atoms with Gasteiger partial charge in [0.2, 0.25) is 0 Å². The topological polar surface area (TPSA) is 50.7 Å². The Morgan fingerprint density at radius 2 is 2.22 bits per heavy atom. The molecule has 96 valence electrons. The minimum absolute atomic E-state index is 0.365. The van der Waals surface area contributed by atoms with Gasteiger partial charge in [0.1, 0.15) is 5.01 Å². The second kappa shape index (κ2) is 5.97. The molecule has 0 amide bonds. The van der Waals surface area contributed by atoms with Crippen molar-refractivity contribution >= 4 is 11.3 Å². The lowest BCUT2D eigenvalue weighted by Gasteiger charge is -2.03. The van der Waals surface area contributed by atoms with Gasteiger partial charge in [-0.15, -0.1) is 10.2 Å². The monoisotopic (exact) mass is 266 g/mol. The van der Waals surface area contributed by atoms with Crippen LogP contribution in [0.1, 0.15) is 18.9 Å². The Balaban J connectivity index is 2.04. The molecule has 0 aliphatic heterocycles. The Bertz CT molecular complexity index is 512. The van der Waals surface area contributed by atoms with Gasteiger partial charge in [0, 0.05) is 12.7 Å². The third kappa shape index (κ3) is 3.30. The normalized spacial score (nSPS) is 11.1. The summed E-state index contributed by atoms with van der Waals surface area (Å²) in [5, 5.41) is 12.8. The second-order valence-corrected chi connectivity index (χ2v) is 5.44. The lowest BCUT2D eigenvalue weighted by molar-refractivity contribution is 0.550. The summed E-state index contributed by atoms with van der Waals surface area (Å²) < 4.78 is 13.5. The SMILES string of the molecule is CC(C)CNCc1nnc(-c2ccncc2F)s1. The first-order valence-corrected chi connectivity index (χ1v) is 6.61. The molecule has 0 aliphatic rings. The van der Waals surface area contributed by atoms with Crippen LogP contribution in [0.4, 0.5) is 4.39 Å². The summed E-state index contributed by atoms with van der Waals surface area (Å²) in [5.74, 6) is 0.227. The first-order chi connectivity index (χ1) is 8.66. The summed E-state index contributed by atoms with van der Waals surface area (Å²) in [6.45, 7) is 5.89. The van der Waals surface area contributed by atoms with Gasteiger partial charge in [-0.05, 0) is 18.5 Å². The van der Waals surface area contributed by atoms with Gasteiger partial charge >= 0.3 is 0 Å². The zero-order valence-corrected chi connectivity index (χ0v) is 11.2. The predicted molar refractivity (Wildman–Crippen MR) is 69.6 cm³/mol. The van der Waals surface area contributed by atoms with Crippen LogP contribution in [0.5, 0.6) is 0 Å². The van der Waals surface area contributed by atoms with Crippen LogP contribution in [0.15, 0.2) is 18.5 Å². The molecule has 0 saturated carbocycles. The van der Waals surface area contributed by atoms with Gasteiger partial charge in [0.05, 0.1) is 11.8 Å². The average molecular weight is 266 g/mol. The molecule has 2 aromatic rings. The molecule has 2 heterocycles. The van der Waals surface area contributed by atoms with Crippen LogP contribution < -0.4 is 5.32 Å². The number of hydrogen-bond acceptors (Lipinski definition) is 5. The molecule has 0 fully saturated rings. The van der Waals surface area contributed by atoms with Crippen LogP contribution >= 0.6 is 11.3 Å². The van der Waals surface area contributed by atoms with Crippen LogP contribution in [0.3, 0.4) is 0 Å². The van der Waals surface area contributed by atoms with E-state index in [1.165, 1.54) is 17.5 Å². The van der Waals surface area contributed by atoms with Crippen molar-refractivity contribution in [1.29, 1.82) is 0 Å². The third-order valence-corrected chi connectivity index (χ3v) is 3.26. The zero-order chi connectivity index (χ0) is 13.0. The van der Waals surface area contributed by atoms with E-state index in [2.05, 4.69) is 34.3 Å². The maximum Gasteiger partial charge on any atom is 0.151 e.